The van der Waals surface area contributed by atoms with Gasteiger partial charge < -0.3 is 21.3 Å². The maximum atomic E-state index is 13.4. The lowest BCUT2D eigenvalue weighted by Gasteiger charge is -2.14. The smallest absolute Gasteiger partial charge is 0.272 e. The van der Waals surface area contributed by atoms with Gasteiger partial charge in [0.2, 0.25) is 11.8 Å². The van der Waals surface area contributed by atoms with Crippen molar-refractivity contribution in [1.82, 2.24) is 5.32 Å². The zero-order valence-corrected chi connectivity index (χ0v) is 25.0. The van der Waals surface area contributed by atoms with E-state index in [1.165, 1.54) is 24.8 Å². The quantitative estimate of drug-likeness (QED) is 0.116. The topological polar surface area (TPSA) is 116 Å². The molecule has 0 aliphatic carbocycles. The van der Waals surface area contributed by atoms with Crippen LogP contribution in [0.2, 0.25) is 5.02 Å². The largest absolute Gasteiger partial charge is 0.326 e. The molecule has 0 spiro atoms. The molecule has 4 aromatic rings. The molecule has 43 heavy (non-hydrogen) atoms. The van der Waals surface area contributed by atoms with Crippen LogP contribution in [0.15, 0.2) is 114 Å². The minimum atomic E-state index is -0.542. The van der Waals surface area contributed by atoms with Gasteiger partial charge in [-0.05, 0) is 79.2 Å². The molecule has 0 fully saturated rings. The van der Waals surface area contributed by atoms with Crippen molar-refractivity contribution < 1.29 is 19.2 Å². The number of thioether (sulfide) groups is 1. The second-order valence-corrected chi connectivity index (χ2v) is 11.2. The minimum Gasteiger partial charge on any atom is -0.326 e. The number of benzene rings is 4. The van der Waals surface area contributed by atoms with E-state index in [0.717, 1.165) is 4.90 Å². The molecule has 1 atom stereocenters. The Morgan fingerprint density at radius 1 is 0.744 bits per heavy atom. The molecule has 4 amide bonds. The highest BCUT2D eigenvalue weighted by Gasteiger charge is 2.18. The van der Waals surface area contributed by atoms with Crippen molar-refractivity contribution in [3.8, 4) is 0 Å². The summed E-state index contributed by atoms with van der Waals surface area (Å²) in [5, 5.41) is 11.0. The monoisotopic (exact) mass is 612 g/mol. The summed E-state index contributed by atoms with van der Waals surface area (Å²) >= 11 is 7.64. The molecule has 8 nitrogen and oxygen atoms in total. The minimum absolute atomic E-state index is 0.0114. The molecule has 0 bridgehead atoms. The number of carbonyl (C=O) groups is 4. The van der Waals surface area contributed by atoms with E-state index in [4.69, 9.17) is 11.6 Å². The first kappa shape index (κ1) is 31.1. The molecule has 0 heterocycles. The summed E-state index contributed by atoms with van der Waals surface area (Å²) in [5.74, 6) is -1.37. The van der Waals surface area contributed by atoms with Crippen molar-refractivity contribution in [3.05, 3.63) is 125 Å². The fourth-order valence-electron chi connectivity index (χ4n) is 3.88. The lowest BCUT2D eigenvalue weighted by molar-refractivity contribution is -0.115. The zero-order valence-electron chi connectivity index (χ0n) is 23.4. The lowest BCUT2D eigenvalue weighted by atomic mass is 10.1. The summed E-state index contributed by atoms with van der Waals surface area (Å²) < 4.78 is 0. The number of amides is 4. The van der Waals surface area contributed by atoms with Crippen LogP contribution in [0, 0.1) is 0 Å². The Bertz CT molecular complexity index is 1660. The Kier molecular flexibility index (Phi) is 10.7. The van der Waals surface area contributed by atoms with Gasteiger partial charge in [-0.3, -0.25) is 19.2 Å². The van der Waals surface area contributed by atoms with Crippen LogP contribution in [0.1, 0.15) is 29.8 Å². The average Bonchev–Trinajstić information content (AvgIpc) is 2.99. The fourth-order valence-corrected chi connectivity index (χ4v) is 4.99. The molecule has 0 aliphatic heterocycles. The first-order valence-corrected chi connectivity index (χ1v) is 14.5. The number of carbonyl (C=O) groups excluding carboxylic acids is 4. The molecule has 0 saturated carbocycles. The Labute approximate surface area is 258 Å². The van der Waals surface area contributed by atoms with Crippen molar-refractivity contribution in [2.45, 2.75) is 24.0 Å². The number of halogens is 1. The maximum absolute atomic E-state index is 13.4. The number of hydrogen-bond donors (Lipinski definition) is 4. The first-order chi connectivity index (χ1) is 20.7. The highest BCUT2D eigenvalue weighted by atomic mass is 35.5. The van der Waals surface area contributed by atoms with Crippen molar-refractivity contribution in [3.63, 3.8) is 0 Å². The molecule has 0 aliphatic rings. The van der Waals surface area contributed by atoms with E-state index < -0.39 is 17.1 Å². The van der Waals surface area contributed by atoms with Crippen LogP contribution >= 0.6 is 23.4 Å². The number of hydrogen-bond acceptors (Lipinski definition) is 5. The van der Waals surface area contributed by atoms with E-state index in [1.807, 2.05) is 6.07 Å². The summed E-state index contributed by atoms with van der Waals surface area (Å²) in [7, 11) is 0. The third-order valence-corrected chi connectivity index (χ3v) is 7.42. The van der Waals surface area contributed by atoms with Gasteiger partial charge in [0.1, 0.15) is 5.70 Å². The highest BCUT2D eigenvalue weighted by Crippen LogP contribution is 2.27. The van der Waals surface area contributed by atoms with Gasteiger partial charge >= 0.3 is 0 Å². The normalized spacial score (nSPS) is 11.7. The van der Waals surface area contributed by atoms with E-state index in [1.54, 1.807) is 104 Å². The van der Waals surface area contributed by atoms with E-state index in [2.05, 4.69) is 21.3 Å². The van der Waals surface area contributed by atoms with Gasteiger partial charge in [0, 0.05) is 39.5 Å². The second kappa shape index (κ2) is 14.9. The van der Waals surface area contributed by atoms with Crippen molar-refractivity contribution in [1.29, 1.82) is 0 Å². The van der Waals surface area contributed by atoms with Gasteiger partial charge in [0.05, 0.1) is 5.25 Å². The SMILES string of the molecule is CC(=O)Nc1ccc(NC(=O)C(C)Sc2cccc(NC(=O)/C(=C\c3ccccc3Cl)NC(=O)c3ccccc3)c2)cc1. The summed E-state index contributed by atoms with van der Waals surface area (Å²) in [6, 6.07) is 29.5. The van der Waals surface area contributed by atoms with Crippen LogP contribution in [-0.2, 0) is 14.4 Å². The average molecular weight is 613 g/mol. The number of anilines is 3. The molecule has 10 heteroatoms. The van der Waals surface area contributed by atoms with Gasteiger partial charge in [0.25, 0.3) is 11.8 Å². The van der Waals surface area contributed by atoms with Gasteiger partial charge in [0.15, 0.2) is 0 Å². The van der Waals surface area contributed by atoms with Crippen molar-refractivity contribution in [2.24, 2.45) is 0 Å². The standard InChI is InChI=1S/C33H29ClN4O4S/c1-21(31(40)36-26-17-15-25(16-18-26)35-22(2)39)43-28-13-8-12-27(20-28)37-33(42)30(19-24-11-6-7-14-29(24)34)38-32(41)23-9-4-3-5-10-23/h3-21H,1-2H3,(H,35,39)(H,36,40)(H,37,42)(H,38,41)/b30-19+. The van der Waals surface area contributed by atoms with Crippen LogP contribution < -0.4 is 21.3 Å². The molecule has 4 rings (SSSR count). The Hall–Kier alpha value is -4.86. The zero-order chi connectivity index (χ0) is 30.8. The highest BCUT2D eigenvalue weighted by molar-refractivity contribution is 8.00. The lowest BCUT2D eigenvalue weighted by Crippen LogP contribution is -2.30. The predicted molar refractivity (Wildman–Crippen MR) is 173 cm³/mol. The van der Waals surface area contributed by atoms with E-state index in [-0.39, 0.29) is 17.5 Å². The molecule has 4 N–H and O–H groups in total. The van der Waals surface area contributed by atoms with Crippen LogP contribution in [0.4, 0.5) is 17.1 Å². The van der Waals surface area contributed by atoms with Gasteiger partial charge in [-0.25, -0.2) is 0 Å². The van der Waals surface area contributed by atoms with Crippen molar-refractivity contribution in [2.75, 3.05) is 16.0 Å². The van der Waals surface area contributed by atoms with E-state index >= 15 is 0 Å². The fraction of sp³-hybridized carbons (Fsp3) is 0.0909. The molecule has 1 unspecified atom stereocenters. The summed E-state index contributed by atoms with van der Waals surface area (Å²) in [5.41, 5.74) is 2.69. The third-order valence-electron chi connectivity index (χ3n) is 5.98. The third kappa shape index (κ3) is 9.32. The molecule has 218 valence electrons. The van der Waals surface area contributed by atoms with E-state index in [9.17, 15) is 19.2 Å². The summed E-state index contributed by atoms with van der Waals surface area (Å²) in [4.78, 5) is 51.1. The van der Waals surface area contributed by atoms with Crippen LogP contribution in [-0.4, -0.2) is 28.9 Å². The first-order valence-electron chi connectivity index (χ1n) is 13.3. The Balaban J connectivity index is 1.44. The Morgan fingerprint density at radius 3 is 2.07 bits per heavy atom. The molecule has 0 radical (unpaired) electrons. The van der Waals surface area contributed by atoms with Crippen molar-refractivity contribution >= 4 is 70.1 Å². The molecule has 4 aromatic carbocycles. The van der Waals surface area contributed by atoms with Crippen LogP contribution in [0.5, 0.6) is 0 Å². The number of nitrogens with one attached hydrogen (secondary N) is 4. The second-order valence-electron chi connectivity index (χ2n) is 9.39. The van der Waals surface area contributed by atoms with Gasteiger partial charge in [-0.15, -0.1) is 11.8 Å². The van der Waals surface area contributed by atoms with E-state index in [0.29, 0.717) is 33.2 Å². The van der Waals surface area contributed by atoms with Crippen LogP contribution in [0.3, 0.4) is 0 Å². The predicted octanol–water partition coefficient (Wildman–Crippen LogP) is 6.83. The summed E-state index contributed by atoms with van der Waals surface area (Å²) in [6.07, 6.45) is 1.52. The number of rotatable bonds is 10. The molecular weight excluding hydrogens is 584 g/mol. The van der Waals surface area contributed by atoms with Crippen LogP contribution in [0.25, 0.3) is 6.08 Å². The molecule has 0 aromatic heterocycles. The summed E-state index contributed by atoms with van der Waals surface area (Å²) in [6.45, 7) is 3.20. The van der Waals surface area contributed by atoms with Gasteiger partial charge in [-0.1, -0.05) is 54.1 Å². The van der Waals surface area contributed by atoms with Gasteiger partial charge in [-0.2, -0.15) is 0 Å². The molecule has 0 saturated heterocycles. The Morgan fingerprint density at radius 2 is 1.40 bits per heavy atom. The maximum Gasteiger partial charge on any atom is 0.272 e. The molecular formula is C33H29ClN4O4S.